The van der Waals surface area contributed by atoms with Crippen LogP contribution in [-0.4, -0.2) is 30.5 Å². The predicted octanol–water partition coefficient (Wildman–Crippen LogP) is 5.07. The van der Waals surface area contributed by atoms with E-state index in [9.17, 15) is 27.2 Å². The van der Waals surface area contributed by atoms with Crippen molar-refractivity contribution in [2.75, 3.05) is 7.11 Å². The molecule has 1 aliphatic rings. The molecule has 3 rings (SSSR count). The predicted molar refractivity (Wildman–Crippen MR) is 108 cm³/mol. The lowest BCUT2D eigenvalue weighted by Gasteiger charge is -2.22. The highest BCUT2D eigenvalue weighted by molar-refractivity contribution is 8.00. The molecule has 0 aromatic heterocycles. The highest BCUT2D eigenvalue weighted by Gasteiger charge is 2.35. The van der Waals surface area contributed by atoms with Gasteiger partial charge in [-0.25, -0.2) is 4.39 Å². The maximum absolute atomic E-state index is 14.3. The van der Waals surface area contributed by atoms with Crippen molar-refractivity contribution < 1.29 is 31.9 Å². The van der Waals surface area contributed by atoms with Crippen LogP contribution in [-0.2, 0) is 9.53 Å². The van der Waals surface area contributed by atoms with Gasteiger partial charge in [0.2, 0.25) is 0 Å². The van der Waals surface area contributed by atoms with Crippen LogP contribution in [0.1, 0.15) is 28.3 Å². The lowest BCUT2D eigenvalue weighted by molar-refractivity contribution is -0.143. The summed E-state index contributed by atoms with van der Waals surface area (Å²) in [4.78, 5) is 24.8. The number of ether oxygens (including phenoxy) is 1. The molecule has 0 saturated heterocycles. The molecule has 0 spiro atoms. The fourth-order valence-electron chi connectivity index (χ4n) is 3.53. The lowest BCUT2D eigenvalue weighted by Crippen LogP contribution is -2.33. The minimum atomic E-state index is -4.40. The zero-order chi connectivity index (χ0) is 22.6. The van der Waals surface area contributed by atoms with E-state index in [4.69, 9.17) is 4.74 Å². The van der Waals surface area contributed by atoms with E-state index in [-0.39, 0.29) is 33.7 Å². The van der Waals surface area contributed by atoms with Crippen LogP contribution >= 0.6 is 11.8 Å². The second-order valence-electron chi connectivity index (χ2n) is 6.96. The fraction of sp³-hybridized carbons (Fsp3) is 0.273. The third kappa shape index (κ3) is 5.88. The smallest absolute Gasteiger partial charge is 0.446 e. The van der Waals surface area contributed by atoms with E-state index in [2.05, 4.69) is 5.32 Å². The second kappa shape index (κ2) is 9.55. The molecule has 1 aliphatic carbocycles. The van der Waals surface area contributed by atoms with Crippen LogP contribution < -0.4 is 5.32 Å². The zero-order valence-corrected chi connectivity index (χ0v) is 17.2. The zero-order valence-electron chi connectivity index (χ0n) is 16.4. The standard InChI is InChI=1S/C22H19F4NO3S/c1-30-21(29)19(17-4-2-3-5-18(17)23)14-6-9-15(12-14)27-20(28)13-7-10-16(11-8-13)31-22(24,25)26/h2-11,14-15,19H,12H2,1H3,(H,27,28)/t14-,15+,19+/m1/s1. The molecule has 0 bridgehead atoms. The van der Waals surface area contributed by atoms with Gasteiger partial charge >= 0.3 is 11.5 Å². The van der Waals surface area contributed by atoms with Gasteiger partial charge in [0.05, 0.1) is 13.0 Å². The van der Waals surface area contributed by atoms with Gasteiger partial charge in [-0.05, 0) is 54.4 Å². The van der Waals surface area contributed by atoms with Crippen molar-refractivity contribution in [3.8, 4) is 0 Å². The summed E-state index contributed by atoms with van der Waals surface area (Å²) in [7, 11) is 1.23. The summed E-state index contributed by atoms with van der Waals surface area (Å²) >= 11 is -0.256. The van der Waals surface area contributed by atoms with Gasteiger partial charge in [0, 0.05) is 22.1 Å². The van der Waals surface area contributed by atoms with Crippen molar-refractivity contribution >= 4 is 23.6 Å². The summed E-state index contributed by atoms with van der Waals surface area (Å²) in [5.74, 6) is -2.80. The van der Waals surface area contributed by atoms with E-state index in [1.165, 1.54) is 49.6 Å². The van der Waals surface area contributed by atoms with Gasteiger partial charge in [0.25, 0.3) is 5.91 Å². The molecule has 2 aromatic carbocycles. The van der Waals surface area contributed by atoms with E-state index in [1.807, 2.05) is 0 Å². The number of hydrogen-bond acceptors (Lipinski definition) is 4. The van der Waals surface area contributed by atoms with Crippen LogP contribution in [0, 0.1) is 11.7 Å². The molecule has 164 valence electrons. The number of benzene rings is 2. The number of esters is 1. The van der Waals surface area contributed by atoms with Crippen molar-refractivity contribution in [1.29, 1.82) is 0 Å². The van der Waals surface area contributed by atoms with Crippen molar-refractivity contribution in [3.63, 3.8) is 0 Å². The molecular weight excluding hydrogens is 434 g/mol. The minimum Gasteiger partial charge on any atom is -0.469 e. The molecule has 9 heteroatoms. The topological polar surface area (TPSA) is 55.4 Å². The largest absolute Gasteiger partial charge is 0.469 e. The van der Waals surface area contributed by atoms with Gasteiger partial charge < -0.3 is 10.1 Å². The van der Waals surface area contributed by atoms with E-state index < -0.39 is 35.2 Å². The van der Waals surface area contributed by atoms with Crippen LogP contribution in [0.25, 0.3) is 0 Å². The van der Waals surface area contributed by atoms with Crippen LogP contribution in [0.4, 0.5) is 17.6 Å². The number of allylic oxidation sites excluding steroid dienone is 1. The van der Waals surface area contributed by atoms with Gasteiger partial charge in [-0.15, -0.1) is 0 Å². The molecular formula is C22H19F4NO3S. The Labute approximate surface area is 180 Å². The quantitative estimate of drug-likeness (QED) is 0.287. The van der Waals surface area contributed by atoms with Crippen LogP contribution in [0.2, 0.25) is 0 Å². The Morgan fingerprint density at radius 1 is 1.10 bits per heavy atom. The molecule has 0 saturated carbocycles. The van der Waals surface area contributed by atoms with Gasteiger partial charge in [-0.1, -0.05) is 30.4 Å². The Bertz CT molecular complexity index is 975. The molecule has 0 fully saturated rings. The maximum Gasteiger partial charge on any atom is 0.446 e. The van der Waals surface area contributed by atoms with Crippen LogP contribution in [0.15, 0.2) is 65.6 Å². The average Bonchev–Trinajstić information content (AvgIpc) is 3.16. The Hall–Kier alpha value is -2.81. The summed E-state index contributed by atoms with van der Waals surface area (Å²) < 4.78 is 56.4. The Kier molecular flexibility index (Phi) is 7.04. The van der Waals surface area contributed by atoms with E-state index in [0.717, 1.165) is 0 Å². The average molecular weight is 453 g/mol. The third-order valence-corrected chi connectivity index (χ3v) is 5.65. The number of rotatable bonds is 6. The molecule has 0 radical (unpaired) electrons. The number of halogens is 4. The van der Waals surface area contributed by atoms with Crippen molar-refractivity contribution in [3.05, 3.63) is 77.6 Å². The van der Waals surface area contributed by atoms with Gasteiger partial charge in [-0.2, -0.15) is 13.2 Å². The molecule has 0 unspecified atom stereocenters. The number of methoxy groups -OCH3 is 1. The number of nitrogens with one attached hydrogen (secondary N) is 1. The lowest BCUT2D eigenvalue weighted by atomic mass is 9.85. The van der Waals surface area contributed by atoms with Crippen molar-refractivity contribution in [2.45, 2.75) is 28.8 Å². The first-order valence-electron chi connectivity index (χ1n) is 9.35. The normalized spacial score (nSPS) is 19.1. The molecule has 4 nitrogen and oxygen atoms in total. The summed E-state index contributed by atoms with van der Waals surface area (Å²) in [5.41, 5.74) is -3.97. The fourth-order valence-corrected chi connectivity index (χ4v) is 4.07. The second-order valence-corrected chi connectivity index (χ2v) is 8.10. The Morgan fingerprint density at radius 3 is 2.39 bits per heavy atom. The SMILES string of the molecule is COC(=O)[C@H](c1ccccc1F)[C@@H]1C=C[C@H](NC(=O)c2ccc(SC(F)(F)F)cc2)C1. The first kappa shape index (κ1) is 22.9. The number of alkyl halides is 3. The number of carbonyl (C=O) groups excluding carboxylic acids is 2. The Morgan fingerprint density at radius 2 is 1.77 bits per heavy atom. The molecule has 2 aromatic rings. The molecule has 3 atom stereocenters. The van der Waals surface area contributed by atoms with Crippen molar-refractivity contribution in [2.24, 2.45) is 5.92 Å². The highest BCUT2D eigenvalue weighted by atomic mass is 32.2. The summed E-state index contributed by atoms with van der Waals surface area (Å²) in [6.45, 7) is 0. The number of amides is 1. The summed E-state index contributed by atoms with van der Waals surface area (Å²) in [6.07, 6.45) is 3.80. The first-order chi connectivity index (χ1) is 14.7. The highest BCUT2D eigenvalue weighted by Crippen LogP contribution is 2.37. The van der Waals surface area contributed by atoms with Gasteiger partial charge in [0.1, 0.15) is 5.82 Å². The molecule has 31 heavy (non-hydrogen) atoms. The maximum atomic E-state index is 14.3. The first-order valence-corrected chi connectivity index (χ1v) is 10.2. The third-order valence-electron chi connectivity index (χ3n) is 4.91. The molecule has 1 amide bonds. The van der Waals surface area contributed by atoms with Crippen molar-refractivity contribution in [1.82, 2.24) is 5.32 Å². The number of hydrogen-bond donors (Lipinski definition) is 1. The van der Waals surface area contributed by atoms with E-state index in [1.54, 1.807) is 18.2 Å². The van der Waals surface area contributed by atoms with E-state index in [0.29, 0.717) is 6.42 Å². The molecule has 1 N–H and O–H groups in total. The van der Waals surface area contributed by atoms with Gasteiger partial charge in [0.15, 0.2) is 0 Å². The minimum absolute atomic E-state index is 0.0179. The molecule has 0 heterocycles. The van der Waals surface area contributed by atoms with Crippen LogP contribution in [0.3, 0.4) is 0 Å². The Balaban J connectivity index is 1.66. The van der Waals surface area contributed by atoms with Gasteiger partial charge in [-0.3, -0.25) is 9.59 Å². The molecule has 0 aliphatic heterocycles. The monoisotopic (exact) mass is 453 g/mol. The number of carbonyl (C=O) groups is 2. The van der Waals surface area contributed by atoms with Crippen LogP contribution in [0.5, 0.6) is 0 Å². The summed E-state index contributed by atoms with van der Waals surface area (Å²) in [6, 6.07) is 10.6. The van der Waals surface area contributed by atoms with E-state index >= 15 is 0 Å². The summed E-state index contributed by atoms with van der Waals surface area (Å²) in [5, 5.41) is 2.77. The number of thioether (sulfide) groups is 1.